The molecule has 0 atom stereocenters. The van der Waals surface area contributed by atoms with Gasteiger partial charge in [0.25, 0.3) is 0 Å². The molecule has 2 amide bonds. The van der Waals surface area contributed by atoms with Gasteiger partial charge in [-0.25, -0.2) is 9.78 Å². The van der Waals surface area contributed by atoms with Gasteiger partial charge in [-0.2, -0.15) is 36.5 Å². The number of hydrogen-bond acceptors (Lipinski definition) is 7. The first-order valence-electron chi connectivity index (χ1n) is 13.0. The van der Waals surface area contributed by atoms with E-state index in [1.807, 2.05) is 13.1 Å². The maximum Gasteiger partial charge on any atom is 0.435 e. The van der Waals surface area contributed by atoms with Crippen LogP contribution in [-0.2, 0) is 30.4 Å². The molecular formula is C26H33F6N7O3Si. The zero-order valence-electron chi connectivity index (χ0n) is 24.7. The molecule has 17 heteroatoms. The normalized spacial score (nSPS) is 12.8. The number of hydrogen-bond donors (Lipinski definition) is 2. The van der Waals surface area contributed by atoms with E-state index in [2.05, 4.69) is 51.7 Å². The quantitative estimate of drug-likeness (QED) is 0.161. The molecule has 0 saturated heterocycles. The van der Waals surface area contributed by atoms with E-state index in [4.69, 9.17) is 9.16 Å². The standard InChI is InChI=1S/C26H33F6N7O3Si/c1-15-10-17(36-37-21(15)18-14-39(5)38-22(18)26(30,31)32)13-33-23(40)34-16-11-19(25(27,28)29)35-20(12-16)41-8-9-42-43(6,7)24(2,3)4/h10-12,14H,8-9,13H2,1-7H3,(H2,33,34,35,40). The number of aromatic nitrogens is 5. The van der Waals surface area contributed by atoms with Crippen molar-refractivity contribution >= 4 is 20.0 Å². The Morgan fingerprint density at radius 3 is 2.26 bits per heavy atom. The molecule has 0 fully saturated rings. The third kappa shape index (κ3) is 8.88. The Hall–Kier alpha value is -3.73. The molecular weight excluding hydrogens is 600 g/mol. The molecule has 0 radical (unpaired) electrons. The summed E-state index contributed by atoms with van der Waals surface area (Å²) in [6.45, 7) is 11.6. The molecule has 2 N–H and O–H groups in total. The van der Waals surface area contributed by atoms with Crippen molar-refractivity contribution in [1.82, 2.24) is 30.3 Å². The number of carbonyl (C=O) groups excluding carboxylic acids is 1. The third-order valence-corrected chi connectivity index (χ3v) is 11.3. The van der Waals surface area contributed by atoms with Crippen molar-refractivity contribution in [3.63, 3.8) is 0 Å². The number of ether oxygens (including phenoxy) is 1. The summed E-state index contributed by atoms with van der Waals surface area (Å²) in [5, 5.41) is 15.9. The van der Waals surface area contributed by atoms with Crippen molar-refractivity contribution in [2.75, 3.05) is 18.5 Å². The molecule has 3 rings (SSSR count). The van der Waals surface area contributed by atoms with E-state index in [0.29, 0.717) is 11.6 Å². The van der Waals surface area contributed by atoms with Gasteiger partial charge in [0.1, 0.15) is 6.61 Å². The lowest BCUT2D eigenvalue weighted by Crippen LogP contribution is -2.41. The minimum Gasteiger partial charge on any atom is -0.475 e. The summed E-state index contributed by atoms with van der Waals surface area (Å²) in [6, 6.07) is 2.36. The van der Waals surface area contributed by atoms with E-state index in [1.165, 1.54) is 26.2 Å². The zero-order chi connectivity index (χ0) is 32.4. The van der Waals surface area contributed by atoms with E-state index in [0.717, 1.165) is 10.7 Å². The van der Waals surface area contributed by atoms with Gasteiger partial charge in [-0.1, -0.05) is 20.8 Å². The van der Waals surface area contributed by atoms with Gasteiger partial charge in [0.2, 0.25) is 5.88 Å². The van der Waals surface area contributed by atoms with Gasteiger partial charge in [-0.05, 0) is 42.8 Å². The lowest BCUT2D eigenvalue weighted by Gasteiger charge is -2.36. The Bertz CT molecular complexity index is 1450. The van der Waals surface area contributed by atoms with Crippen LogP contribution < -0.4 is 15.4 Å². The van der Waals surface area contributed by atoms with Gasteiger partial charge >= 0.3 is 18.4 Å². The molecule has 0 saturated carbocycles. The molecule has 0 aliphatic heterocycles. The lowest BCUT2D eigenvalue weighted by molar-refractivity contribution is -0.142. The molecule has 0 unspecified atom stereocenters. The highest BCUT2D eigenvalue weighted by Crippen LogP contribution is 2.37. The van der Waals surface area contributed by atoms with E-state index in [1.54, 1.807) is 0 Å². The molecule has 0 spiro atoms. The van der Waals surface area contributed by atoms with Crippen LogP contribution in [0.15, 0.2) is 24.4 Å². The molecule has 0 bridgehead atoms. The van der Waals surface area contributed by atoms with Gasteiger partial charge in [-0.3, -0.25) is 4.68 Å². The summed E-state index contributed by atoms with van der Waals surface area (Å²) in [7, 11) is -0.746. The van der Waals surface area contributed by atoms with E-state index in [9.17, 15) is 31.1 Å². The smallest absolute Gasteiger partial charge is 0.435 e. The van der Waals surface area contributed by atoms with E-state index in [-0.39, 0.29) is 53.3 Å². The van der Waals surface area contributed by atoms with Crippen LogP contribution in [0.2, 0.25) is 18.1 Å². The number of amides is 2. The molecule has 0 aromatic carbocycles. The summed E-state index contributed by atoms with van der Waals surface area (Å²) in [4.78, 5) is 16.0. The second kappa shape index (κ2) is 12.5. The Balaban J connectivity index is 1.67. The molecule has 0 aliphatic rings. The average molecular weight is 634 g/mol. The van der Waals surface area contributed by atoms with Crippen molar-refractivity contribution in [3.05, 3.63) is 47.0 Å². The fourth-order valence-electron chi connectivity index (χ4n) is 3.57. The number of carbonyl (C=O) groups is 1. The molecule has 43 heavy (non-hydrogen) atoms. The zero-order valence-corrected chi connectivity index (χ0v) is 25.7. The summed E-state index contributed by atoms with van der Waals surface area (Å²) < 4.78 is 92.9. The van der Waals surface area contributed by atoms with Crippen LogP contribution >= 0.6 is 0 Å². The van der Waals surface area contributed by atoms with Crippen molar-refractivity contribution in [2.45, 2.75) is 64.7 Å². The summed E-state index contributed by atoms with van der Waals surface area (Å²) >= 11 is 0. The predicted molar refractivity (Wildman–Crippen MR) is 148 cm³/mol. The van der Waals surface area contributed by atoms with Crippen LogP contribution in [0.25, 0.3) is 11.3 Å². The molecule has 3 aromatic rings. The van der Waals surface area contributed by atoms with Gasteiger partial charge in [-0.15, -0.1) is 5.10 Å². The third-order valence-electron chi connectivity index (χ3n) is 6.77. The van der Waals surface area contributed by atoms with Crippen LogP contribution in [0.4, 0.5) is 36.8 Å². The van der Waals surface area contributed by atoms with Crippen LogP contribution in [0, 0.1) is 6.92 Å². The van der Waals surface area contributed by atoms with Crippen molar-refractivity contribution in [3.8, 4) is 17.1 Å². The van der Waals surface area contributed by atoms with Crippen molar-refractivity contribution < 1.29 is 40.3 Å². The number of nitrogens with one attached hydrogen (secondary N) is 2. The largest absolute Gasteiger partial charge is 0.475 e. The highest BCUT2D eigenvalue weighted by atomic mass is 28.4. The minimum absolute atomic E-state index is 0.0349. The number of halogens is 6. The first-order valence-corrected chi connectivity index (χ1v) is 15.9. The molecule has 236 valence electrons. The monoisotopic (exact) mass is 633 g/mol. The highest BCUT2D eigenvalue weighted by Gasteiger charge is 2.39. The van der Waals surface area contributed by atoms with E-state index < -0.39 is 38.1 Å². The predicted octanol–water partition coefficient (Wildman–Crippen LogP) is 6.34. The fourth-order valence-corrected chi connectivity index (χ4v) is 4.59. The molecule has 3 aromatic heterocycles. The van der Waals surface area contributed by atoms with Gasteiger partial charge < -0.3 is 19.8 Å². The Labute approximate surface area is 245 Å². The highest BCUT2D eigenvalue weighted by molar-refractivity contribution is 6.74. The fraction of sp³-hybridized carbons (Fsp3) is 0.500. The minimum atomic E-state index is -4.81. The number of rotatable bonds is 9. The second-order valence-electron chi connectivity index (χ2n) is 11.3. The Morgan fingerprint density at radius 2 is 1.67 bits per heavy atom. The van der Waals surface area contributed by atoms with Gasteiger partial charge in [0.05, 0.1) is 30.1 Å². The maximum absolute atomic E-state index is 13.5. The van der Waals surface area contributed by atoms with Crippen molar-refractivity contribution in [2.24, 2.45) is 7.05 Å². The number of anilines is 1. The Morgan fingerprint density at radius 1 is 1.00 bits per heavy atom. The second-order valence-corrected chi connectivity index (χ2v) is 16.1. The van der Waals surface area contributed by atoms with E-state index >= 15 is 0 Å². The lowest BCUT2D eigenvalue weighted by atomic mass is 10.1. The first-order chi connectivity index (χ1) is 19.7. The number of alkyl halides is 6. The Kier molecular flexibility index (Phi) is 9.80. The molecule has 0 aliphatic carbocycles. The number of pyridine rings is 1. The topological polar surface area (TPSA) is 116 Å². The number of aryl methyl sites for hydroxylation is 2. The maximum atomic E-state index is 13.5. The van der Waals surface area contributed by atoms with Gasteiger partial charge in [0.15, 0.2) is 19.7 Å². The SMILES string of the molecule is Cc1cc(CNC(=O)Nc2cc(OCCO[Si](C)(C)C(C)(C)C)nc(C(F)(F)F)c2)nnc1-c1cn(C)nc1C(F)(F)F. The molecule has 3 heterocycles. The van der Waals surface area contributed by atoms with Crippen LogP contribution in [-0.4, -0.2) is 52.5 Å². The average Bonchev–Trinajstić information content (AvgIpc) is 3.26. The summed E-state index contributed by atoms with van der Waals surface area (Å²) in [5.41, 5.74) is -2.35. The van der Waals surface area contributed by atoms with Gasteiger partial charge in [0, 0.05) is 25.0 Å². The first kappa shape index (κ1) is 33.8. The molecule has 10 nitrogen and oxygen atoms in total. The van der Waals surface area contributed by atoms with Crippen LogP contribution in [0.3, 0.4) is 0 Å². The van der Waals surface area contributed by atoms with Crippen LogP contribution in [0.1, 0.15) is 43.4 Å². The van der Waals surface area contributed by atoms with Crippen LogP contribution in [0.5, 0.6) is 5.88 Å². The summed E-state index contributed by atoms with van der Waals surface area (Å²) in [5.74, 6) is -0.352. The summed E-state index contributed by atoms with van der Waals surface area (Å²) in [6.07, 6.45) is -8.33. The van der Waals surface area contributed by atoms with Crippen molar-refractivity contribution in [1.29, 1.82) is 0 Å². The number of urea groups is 1. The number of nitrogens with zero attached hydrogens (tertiary/aromatic N) is 5.